The van der Waals surface area contributed by atoms with Crippen LogP contribution in [0.25, 0.3) is 0 Å². The van der Waals surface area contributed by atoms with Crippen molar-refractivity contribution in [1.82, 2.24) is 10.6 Å². The molecule has 2 bridgehead atoms. The monoisotopic (exact) mass is 406 g/mol. The predicted octanol–water partition coefficient (Wildman–Crippen LogP) is 3.11. The van der Waals surface area contributed by atoms with Gasteiger partial charge in [0, 0.05) is 23.7 Å². The molecule has 0 saturated heterocycles. The van der Waals surface area contributed by atoms with Gasteiger partial charge in [0.1, 0.15) is 17.3 Å². The Kier molecular flexibility index (Phi) is 4.57. The highest BCUT2D eigenvalue weighted by atomic mass is 35.5. The summed E-state index contributed by atoms with van der Waals surface area (Å²) in [7, 11) is 0. The minimum Gasteiger partial charge on any atom is -0.484 e. The molecule has 3 saturated carbocycles. The van der Waals surface area contributed by atoms with Crippen LogP contribution in [0.3, 0.4) is 0 Å². The summed E-state index contributed by atoms with van der Waals surface area (Å²) in [4.78, 5) is 24.6. The average molecular weight is 407 g/mol. The molecular formula is C20H20ClFN2O4. The van der Waals surface area contributed by atoms with Crippen LogP contribution in [0.4, 0.5) is 4.39 Å². The first kappa shape index (κ1) is 18.8. The third kappa shape index (κ3) is 3.35. The molecule has 1 aromatic heterocycles. The fourth-order valence-electron chi connectivity index (χ4n) is 4.17. The molecule has 0 aliphatic heterocycles. The minimum absolute atomic E-state index is 0.00262. The van der Waals surface area contributed by atoms with Gasteiger partial charge in [0.05, 0.1) is 16.7 Å². The summed E-state index contributed by atoms with van der Waals surface area (Å²) in [6, 6.07) is 5.85. The summed E-state index contributed by atoms with van der Waals surface area (Å²) in [5.74, 6) is 0.148. The van der Waals surface area contributed by atoms with Gasteiger partial charge in [-0.05, 0) is 44.4 Å². The van der Waals surface area contributed by atoms with E-state index in [9.17, 15) is 14.0 Å². The van der Waals surface area contributed by atoms with Crippen molar-refractivity contribution in [3.05, 3.63) is 52.7 Å². The molecular weight excluding hydrogens is 387 g/mol. The SMILES string of the molecule is Cc1occc1CNC(=O)C12CC(NC(=O)COc3ccc(Cl)c(F)c3)(C1)C2. The minimum atomic E-state index is -0.599. The Bertz CT molecular complexity index is 922. The second kappa shape index (κ2) is 6.81. The number of nitrogens with one attached hydrogen (secondary N) is 2. The lowest BCUT2D eigenvalue weighted by Crippen LogP contribution is -2.78. The first-order chi connectivity index (χ1) is 13.3. The standard InChI is InChI=1S/C20H20ClFN2O4/c1-12-13(4-5-27-12)7-23-18(26)19-9-20(10-19,11-19)24-17(25)8-28-14-2-3-15(21)16(22)6-14/h2-6H,7-11H2,1H3,(H,23,26)(H,24,25). The molecule has 3 aliphatic carbocycles. The van der Waals surface area contributed by atoms with Crippen LogP contribution in [-0.2, 0) is 16.1 Å². The quantitative estimate of drug-likeness (QED) is 0.740. The fraction of sp³-hybridized carbons (Fsp3) is 0.400. The van der Waals surface area contributed by atoms with Gasteiger partial charge in [0.25, 0.3) is 5.91 Å². The van der Waals surface area contributed by atoms with Crippen molar-refractivity contribution < 1.29 is 23.1 Å². The van der Waals surface area contributed by atoms with E-state index in [1.54, 1.807) is 6.26 Å². The van der Waals surface area contributed by atoms with Crippen LogP contribution in [0, 0.1) is 18.2 Å². The van der Waals surface area contributed by atoms with Gasteiger partial charge in [0.15, 0.2) is 6.61 Å². The van der Waals surface area contributed by atoms with Gasteiger partial charge in [-0.1, -0.05) is 11.6 Å². The Hall–Kier alpha value is -2.54. The fourth-order valence-corrected chi connectivity index (χ4v) is 4.28. The number of halogens is 2. The second-order valence-electron chi connectivity index (χ2n) is 7.69. The average Bonchev–Trinajstić information content (AvgIpc) is 3.00. The van der Waals surface area contributed by atoms with E-state index in [0.29, 0.717) is 25.8 Å². The number of carbonyl (C=O) groups excluding carboxylic acids is 2. The van der Waals surface area contributed by atoms with E-state index in [2.05, 4.69) is 10.6 Å². The maximum atomic E-state index is 13.4. The molecule has 2 aromatic rings. The van der Waals surface area contributed by atoms with Gasteiger partial charge in [-0.3, -0.25) is 9.59 Å². The number of hydrogen-bond donors (Lipinski definition) is 2. The van der Waals surface area contributed by atoms with E-state index in [0.717, 1.165) is 17.4 Å². The van der Waals surface area contributed by atoms with Crippen LogP contribution in [0.1, 0.15) is 30.6 Å². The first-order valence-electron chi connectivity index (χ1n) is 9.01. The second-order valence-corrected chi connectivity index (χ2v) is 8.10. The smallest absolute Gasteiger partial charge is 0.258 e. The molecule has 8 heteroatoms. The Labute approximate surface area is 166 Å². The molecule has 28 heavy (non-hydrogen) atoms. The number of carbonyl (C=O) groups is 2. The largest absolute Gasteiger partial charge is 0.484 e. The summed E-state index contributed by atoms with van der Waals surface area (Å²) < 4.78 is 23.9. The number of aryl methyl sites for hydroxylation is 1. The number of benzene rings is 1. The lowest BCUT2D eigenvalue weighted by Gasteiger charge is -2.69. The van der Waals surface area contributed by atoms with Crippen molar-refractivity contribution in [2.24, 2.45) is 5.41 Å². The molecule has 0 spiro atoms. The van der Waals surface area contributed by atoms with Crippen molar-refractivity contribution in [2.75, 3.05) is 6.61 Å². The number of furan rings is 1. The highest BCUT2D eigenvalue weighted by Crippen LogP contribution is 2.67. The van der Waals surface area contributed by atoms with Crippen molar-refractivity contribution in [3.63, 3.8) is 0 Å². The Morgan fingerprint density at radius 3 is 2.68 bits per heavy atom. The van der Waals surface area contributed by atoms with E-state index < -0.39 is 5.82 Å². The molecule has 0 unspecified atom stereocenters. The highest BCUT2D eigenvalue weighted by Gasteiger charge is 2.72. The van der Waals surface area contributed by atoms with Gasteiger partial charge < -0.3 is 19.8 Å². The van der Waals surface area contributed by atoms with E-state index in [4.69, 9.17) is 20.8 Å². The zero-order chi connectivity index (χ0) is 19.9. The van der Waals surface area contributed by atoms with Gasteiger partial charge in [-0.15, -0.1) is 0 Å². The van der Waals surface area contributed by atoms with Crippen LogP contribution in [0.5, 0.6) is 5.75 Å². The van der Waals surface area contributed by atoms with Gasteiger partial charge >= 0.3 is 0 Å². The van der Waals surface area contributed by atoms with Gasteiger partial charge in [-0.25, -0.2) is 4.39 Å². The summed E-state index contributed by atoms with van der Waals surface area (Å²) in [6.45, 7) is 2.07. The third-order valence-corrected chi connectivity index (χ3v) is 5.89. The molecule has 2 amide bonds. The van der Waals surface area contributed by atoms with Gasteiger partial charge in [0.2, 0.25) is 5.91 Å². The van der Waals surface area contributed by atoms with Crippen molar-refractivity contribution in [3.8, 4) is 5.75 Å². The van der Waals surface area contributed by atoms with Crippen LogP contribution >= 0.6 is 11.6 Å². The Morgan fingerprint density at radius 1 is 1.29 bits per heavy atom. The molecule has 1 aromatic carbocycles. The summed E-state index contributed by atoms with van der Waals surface area (Å²) in [6.07, 6.45) is 3.47. The maximum Gasteiger partial charge on any atom is 0.258 e. The van der Waals surface area contributed by atoms with Crippen molar-refractivity contribution >= 4 is 23.4 Å². The van der Waals surface area contributed by atoms with E-state index >= 15 is 0 Å². The lowest BCUT2D eigenvalue weighted by molar-refractivity contribution is -0.184. The number of rotatable bonds is 7. The topological polar surface area (TPSA) is 80.6 Å². The Balaban J connectivity index is 1.21. The molecule has 5 rings (SSSR count). The summed E-state index contributed by atoms with van der Waals surface area (Å²) in [5.41, 5.74) is 0.249. The molecule has 6 nitrogen and oxygen atoms in total. The molecule has 0 atom stereocenters. The van der Waals surface area contributed by atoms with E-state index in [-0.39, 0.29) is 40.1 Å². The zero-order valence-corrected chi connectivity index (χ0v) is 16.1. The Morgan fingerprint density at radius 2 is 2.04 bits per heavy atom. The maximum absolute atomic E-state index is 13.4. The summed E-state index contributed by atoms with van der Waals surface area (Å²) >= 11 is 5.61. The number of ether oxygens (including phenoxy) is 1. The first-order valence-corrected chi connectivity index (χ1v) is 9.39. The normalized spacial score (nSPS) is 24.7. The third-order valence-electron chi connectivity index (χ3n) is 5.58. The molecule has 3 fully saturated rings. The van der Waals surface area contributed by atoms with Crippen LogP contribution in [0.15, 0.2) is 34.9 Å². The van der Waals surface area contributed by atoms with Crippen LogP contribution in [0.2, 0.25) is 5.02 Å². The number of hydrogen-bond acceptors (Lipinski definition) is 4. The molecule has 148 valence electrons. The zero-order valence-electron chi connectivity index (χ0n) is 15.3. The number of amides is 2. The molecule has 3 aliphatic rings. The van der Waals surface area contributed by atoms with Crippen LogP contribution in [-0.4, -0.2) is 24.0 Å². The lowest BCUT2D eigenvalue weighted by atomic mass is 9.39. The van der Waals surface area contributed by atoms with E-state index in [1.807, 2.05) is 13.0 Å². The van der Waals surface area contributed by atoms with Gasteiger partial charge in [-0.2, -0.15) is 0 Å². The van der Waals surface area contributed by atoms with Crippen molar-refractivity contribution in [2.45, 2.75) is 38.3 Å². The van der Waals surface area contributed by atoms with Crippen molar-refractivity contribution in [1.29, 1.82) is 0 Å². The van der Waals surface area contributed by atoms with E-state index in [1.165, 1.54) is 12.1 Å². The molecule has 2 N–H and O–H groups in total. The summed E-state index contributed by atoms with van der Waals surface area (Å²) in [5, 5.41) is 5.88. The predicted molar refractivity (Wildman–Crippen MR) is 99.4 cm³/mol. The molecule has 1 heterocycles. The highest BCUT2D eigenvalue weighted by molar-refractivity contribution is 6.30. The molecule has 0 radical (unpaired) electrons. The van der Waals surface area contributed by atoms with Crippen LogP contribution < -0.4 is 15.4 Å².